The van der Waals surface area contributed by atoms with Crippen LogP contribution in [0.3, 0.4) is 0 Å². The second-order valence-corrected chi connectivity index (χ2v) is 9.44. The number of aromatic nitrogens is 3. The molecule has 1 aliphatic carbocycles. The highest BCUT2D eigenvalue weighted by atomic mass is 35.5. The van der Waals surface area contributed by atoms with Crippen molar-refractivity contribution in [2.24, 2.45) is 5.92 Å². The summed E-state index contributed by atoms with van der Waals surface area (Å²) in [4.78, 5) is 30.2. The summed E-state index contributed by atoms with van der Waals surface area (Å²) in [5, 5.41) is 6.93. The molecule has 0 radical (unpaired) electrons. The molecule has 0 unspecified atom stereocenters. The summed E-state index contributed by atoms with van der Waals surface area (Å²) in [7, 11) is 0. The molecule has 2 aromatic heterocycles. The van der Waals surface area contributed by atoms with Crippen molar-refractivity contribution in [1.82, 2.24) is 24.8 Å². The van der Waals surface area contributed by atoms with Crippen LogP contribution in [0.1, 0.15) is 48.2 Å². The van der Waals surface area contributed by atoms with Crippen molar-refractivity contribution in [3.63, 3.8) is 0 Å². The van der Waals surface area contributed by atoms with E-state index in [1.807, 2.05) is 35.8 Å². The summed E-state index contributed by atoms with van der Waals surface area (Å²) in [6.45, 7) is 3.37. The highest BCUT2D eigenvalue weighted by molar-refractivity contribution is 6.30. The van der Waals surface area contributed by atoms with Crippen LogP contribution in [0, 0.1) is 12.8 Å². The van der Waals surface area contributed by atoms with Crippen LogP contribution in [0.25, 0.3) is 16.9 Å². The van der Waals surface area contributed by atoms with Gasteiger partial charge >= 0.3 is 5.69 Å². The molecule has 0 spiro atoms. The summed E-state index contributed by atoms with van der Waals surface area (Å²) in [5.41, 5.74) is 3.12. The van der Waals surface area contributed by atoms with Crippen molar-refractivity contribution in [3.8, 4) is 0 Å². The standard InChI is InChI=1S/C25H28ClN5O2/c1-16-20(13-18(26)14-28-16)24(32)29-19-10-8-17(9-11-19)15-30-21-5-2-3-6-22(21)31(25(30)33)23-7-4-12-27-23/h2-3,5-7,13-14,17,19,27H,4,8-12,15H2,1H3,(H,29,32)/t17-,19-. The van der Waals surface area contributed by atoms with Gasteiger partial charge in [0.2, 0.25) is 0 Å². The topological polar surface area (TPSA) is 81.0 Å². The summed E-state index contributed by atoms with van der Waals surface area (Å²) < 4.78 is 3.72. The first kappa shape index (κ1) is 21.8. The Morgan fingerprint density at radius 1 is 1.21 bits per heavy atom. The highest BCUT2D eigenvalue weighted by Gasteiger charge is 2.26. The van der Waals surface area contributed by atoms with Crippen molar-refractivity contribution >= 4 is 34.4 Å². The Bertz CT molecular complexity index is 1280. The van der Waals surface area contributed by atoms with Crippen LogP contribution in [0.5, 0.6) is 0 Å². The lowest BCUT2D eigenvalue weighted by atomic mass is 9.85. The van der Waals surface area contributed by atoms with Gasteiger partial charge in [-0.2, -0.15) is 0 Å². The lowest BCUT2D eigenvalue weighted by Crippen LogP contribution is -2.39. The third-order valence-corrected chi connectivity index (χ3v) is 6.99. The number of fused-ring (bicyclic) bond motifs is 1. The number of aryl methyl sites for hydroxylation is 1. The quantitative estimate of drug-likeness (QED) is 0.598. The van der Waals surface area contributed by atoms with Crippen molar-refractivity contribution in [2.75, 3.05) is 6.54 Å². The molecule has 2 N–H and O–H groups in total. The Morgan fingerprint density at radius 2 is 1.97 bits per heavy atom. The van der Waals surface area contributed by atoms with E-state index in [2.05, 4.69) is 21.7 Å². The normalized spacial score (nSPS) is 20.5. The lowest BCUT2D eigenvalue weighted by Gasteiger charge is -2.29. The van der Waals surface area contributed by atoms with Gasteiger partial charge in [-0.15, -0.1) is 0 Å². The minimum Gasteiger partial charge on any atom is -0.371 e. The minimum atomic E-state index is -0.123. The molecule has 1 fully saturated rings. The zero-order chi connectivity index (χ0) is 22.9. The van der Waals surface area contributed by atoms with Crippen molar-refractivity contribution in [2.45, 2.75) is 51.6 Å². The fraction of sp³-hybridized carbons (Fsp3) is 0.400. The summed E-state index contributed by atoms with van der Waals surface area (Å²) in [6.07, 6.45) is 8.28. The van der Waals surface area contributed by atoms with Crippen LogP contribution >= 0.6 is 11.6 Å². The second kappa shape index (κ2) is 9.06. The molecule has 0 atom stereocenters. The van der Waals surface area contributed by atoms with E-state index in [0.29, 0.717) is 28.7 Å². The van der Waals surface area contributed by atoms with Gasteiger partial charge in [0.05, 0.1) is 27.3 Å². The molecule has 3 heterocycles. The SMILES string of the molecule is Cc1ncc(Cl)cc1C(=O)N[C@H]1CC[C@H](Cn2c(=O)n(C3=CCCN3)c3ccccc32)CC1. The van der Waals surface area contributed by atoms with Gasteiger partial charge in [0.1, 0.15) is 5.82 Å². The predicted octanol–water partition coefficient (Wildman–Crippen LogP) is 3.94. The van der Waals surface area contributed by atoms with Crippen LogP contribution in [-0.2, 0) is 6.54 Å². The van der Waals surface area contributed by atoms with E-state index in [4.69, 9.17) is 11.6 Å². The maximum atomic E-state index is 13.3. The monoisotopic (exact) mass is 465 g/mol. The largest absolute Gasteiger partial charge is 0.371 e. The van der Waals surface area contributed by atoms with Crippen LogP contribution in [0.2, 0.25) is 5.02 Å². The number of hydrogen-bond donors (Lipinski definition) is 2. The molecule has 1 aromatic carbocycles. The number of nitrogens with one attached hydrogen (secondary N) is 2. The second-order valence-electron chi connectivity index (χ2n) is 9.00. The van der Waals surface area contributed by atoms with Gasteiger partial charge in [-0.3, -0.25) is 14.3 Å². The molecule has 1 aliphatic heterocycles. The average molecular weight is 466 g/mol. The first-order chi connectivity index (χ1) is 16.0. The number of pyridine rings is 1. The van der Waals surface area contributed by atoms with Crippen LogP contribution in [0.15, 0.2) is 47.4 Å². The van der Waals surface area contributed by atoms with Crippen molar-refractivity contribution in [1.29, 1.82) is 0 Å². The van der Waals surface area contributed by atoms with E-state index >= 15 is 0 Å². The maximum absolute atomic E-state index is 13.3. The Hall–Kier alpha value is -3.06. The highest BCUT2D eigenvalue weighted by Crippen LogP contribution is 2.28. The van der Waals surface area contributed by atoms with Crippen LogP contribution in [0.4, 0.5) is 0 Å². The molecular formula is C25H28ClN5O2. The van der Waals surface area contributed by atoms with Crippen LogP contribution in [-0.4, -0.2) is 32.6 Å². The Morgan fingerprint density at radius 3 is 2.70 bits per heavy atom. The molecule has 8 heteroatoms. The fourth-order valence-corrected chi connectivity index (χ4v) is 5.18. The Balaban J connectivity index is 1.27. The number of carbonyl (C=O) groups is 1. The molecule has 2 aliphatic rings. The molecule has 33 heavy (non-hydrogen) atoms. The number of benzene rings is 1. The van der Waals surface area contributed by atoms with E-state index in [1.54, 1.807) is 16.8 Å². The third kappa shape index (κ3) is 4.29. The van der Waals surface area contributed by atoms with Gasteiger partial charge < -0.3 is 10.6 Å². The van der Waals surface area contributed by atoms with Gasteiger partial charge in [0.25, 0.3) is 5.91 Å². The zero-order valence-electron chi connectivity index (χ0n) is 18.7. The Labute approximate surface area is 197 Å². The van der Waals surface area contributed by atoms with Crippen molar-refractivity contribution in [3.05, 3.63) is 69.4 Å². The minimum absolute atomic E-state index is 0.0104. The zero-order valence-corrected chi connectivity index (χ0v) is 19.4. The number of halogens is 1. The van der Waals surface area contributed by atoms with Gasteiger partial charge in [0, 0.05) is 25.3 Å². The van der Waals surface area contributed by atoms with Gasteiger partial charge in [-0.05, 0) is 69.2 Å². The fourth-order valence-electron chi connectivity index (χ4n) is 5.02. The molecule has 1 amide bonds. The summed E-state index contributed by atoms with van der Waals surface area (Å²) in [6, 6.07) is 9.78. The van der Waals surface area contributed by atoms with E-state index < -0.39 is 0 Å². The average Bonchev–Trinajstić information content (AvgIpc) is 3.43. The molecular weight excluding hydrogens is 438 g/mol. The molecule has 172 valence electrons. The van der Waals surface area contributed by atoms with E-state index in [9.17, 15) is 9.59 Å². The van der Waals surface area contributed by atoms with E-state index in [-0.39, 0.29) is 17.6 Å². The van der Waals surface area contributed by atoms with E-state index in [1.165, 1.54) is 0 Å². The summed E-state index contributed by atoms with van der Waals surface area (Å²) >= 11 is 6.02. The maximum Gasteiger partial charge on any atom is 0.334 e. The van der Waals surface area contributed by atoms with Crippen LogP contribution < -0.4 is 16.3 Å². The number of imidazole rings is 1. The van der Waals surface area contributed by atoms with Crippen molar-refractivity contribution < 1.29 is 4.79 Å². The number of para-hydroxylation sites is 2. The molecule has 0 bridgehead atoms. The summed E-state index contributed by atoms with van der Waals surface area (Å²) in [5.74, 6) is 1.16. The molecule has 3 aromatic rings. The molecule has 1 saturated carbocycles. The molecule has 0 saturated heterocycles. The van der Waals surface area contributed by atoms with Gasteiger partial charge in [-0.25, -0.2) is 9.36 Å². The van der Waals surface area contributed by atoms with Gasteiger partial charge in [0.15, 0.2) is 0 Å². The number of amides is 1. The molecule has 7 nitrogen and oxygen atoms in total. The number of nitrogens with zero attached hydrogens (tertiary/aromatic N) is 3. The Kier molecular flexibility index (Phi) is 5.98. The third-order valence-electron chi connectivity index (χ3n) is 6.79. The molecule has 5 rings (SSSR count). The van der Waals surface area contributed by atoms with E-state index in [0.717, 1.165) is 55.5 Å². The number of hydrogen-bond acceptors (Lipinski definition) is 4. The first-order valence-electron chi connectivity index (χ1n) is 11.6. The lowest BCUT2D eigenvalue weighted by molar-refractivity contribution is 0.0919. The predicted molar refractivity (Wildman–Crippen MR) is 130 cm³/mol. The first-order valence-corrected chi connectivity index (χ1v) is 12.0. The smallest absolute Gasteiger partial charge is 0.334 e. The number of carbonyl (C=O) groups excluding carboxylic acids is 1. The van der Waals surface area contributed by atoms with Gasteiger partial charge in [-0.1, -0.05) is 23.7 Å². The number of rotatable bonds is 5.